The summed E-state index contributed by atoms with van der Waals surface area (Å²) < 4.78 is 14.9. The van der Waals surface area contributed by atoms with E-state index in [9.17, 15) is 9.18 Å². The second-order valence-corrected chi connectivity index (χ2v) is 4.48. The topological polar surface area (TPSA) is 55.1 Å². The summed E-state index contributed by atoms with van der Waals surface area (Å²) >= 11 is 0. The molecule has 0 amide bonds. The zero-order valence-electron chi connectivity index (χ0n) is 10.7. The van der Waals surface area contributed by atoms with Crippen LogP contribution in [-0.4, -0.2) is 20.6 Å². The van der Waals surface area contributed by atoms with Crippen LogP contribution in [0.5, 0.6) is 0 Å². The Morgan fingerprint density at radius 2 is 1.90 bits per heavy atom. The number of carbonyl (C=O) groups is 1. The average molecular weight is 270 g/mol. The van der Waals surface area contributed by atoms with Crippen molar-refractivity contribution in [2.45, 2.75) is 6.92 Å². The SMILES string of the molecule is Cc1nc2cc(C(=O)O)ccc2n1-c1ccc(F)cc1. The summed E-state index contributed by atoms with van der Waals surface area (Å²) in [6.45, 7) is 1.82. The number of carboxylic acid groups (broad SMARTS) is 1. The van der Waals surface area contributed by atoms with Gasteiger partial charge in [-0.15, -0.1) is 0 Å². The van der Waals surface area contributed by atoms with Crippen LogP contribution >= 0.6 is 0 Å². The first-order valence-electron chi connectivity index (χ1n) is 6.04. The van der Waals surface area contributed by atoms with E-state index in [1.54, 1.807) is 18.2 Å². The molecule has 0 aliphatic rings. The van der Waals surface area contributed by atoms with E-state index in [0.29, 0.717) is 11.3 Å². The number of hydrogen-bond acceptors (Lipinski definition) is 2. The van der Waals surface area contributed by atoms with Crippen molar-refractivity contribution in [2.75, 3.05) is 0 Å². The molecular weight excluding hydrogens is 259 g/mol. The highest BCUT2D eigenvalue weighted by Crippen LogP contribution is 2.22. The molecule has 0 saturated heterocycles. The molecule has 20 heavy (non-hydrogen) atoms. The van der Waals surface area contributed by atoms with E-state index in [0.717, 1.165) is 11.2 Å². The van der Waals surface area contributed by atoms with Crippen molar-refractivity contribution in [3.63, 3.8) is 0 Å². The van der Waals surface area contributed by atoms with Crippen molar-refractivity contribution >= 4 is 17.0 Å². The number of benzene rings is 2. The van der Waals surface area contributed by atoms with Crippen molar-refractivity contribution < 1.29 is 14.3 Å². The fourth-order valence-electron chi connectivity index (χ4n) is 2.25. The molecule has 100 valence electrons. The van der Waals surface area contributed by atoms with Crippen LogP contribution in [0.2, 0.25) is 0 Å². The fraction of sp³-hybridized carbons (Fsp3) is 0.0667. The summed E-state index contributed by atoms with van der Waals surface area (Å²) in [5.74, 6) is -0.570. The van der Waals surface area contributed by atoms with E-state index < -0.39 is 5.97 Å². The summed E-state index contributed by atoms with van der Waals surface area (Å²) in [5, 5.41) is 8.99. The summed E-state index contributed by atoms with van der Waals surface area (Å²) in [7, 11) is 0. The Bertz CT molecular complexity index is 807. The number of imidazole rings is 1. The number of aromatic carboxylic acids is 1. The number of rotatable bonds is 2. The van der Waals surface area contributed by atoms with Crippen LogP contribution in [0.1, 0.15) is 16.2 Å². The normalized spacial score (nSPS) is 10.9. The van der Waals surface area contributed by atoms with Crippen LogP contribution in [0.3, 0.4) is 0 Å². The minimum Gasteiger partial charge on any atom is -0.478 e. The lowest BCUT2D eigenvalue weighted by Crippen LogP contribution is -1.98. The van der Waals surface area contributed by atoms with Gasteiger partial charge >= 0.3 is 5.97 Å². The molecule has 5 heteroatoms. The third-order valence-corrected chi connectivity index (χ3v) is 3.15. The molecule has 0 bridgehead atoms. The third kappa shape index (κ3) is 1.93. The number of aryl methyl sites for hydroxylation is 1. The van der Waals surface area contributed by atoms with Gasteiger partial charge in [0.15, 0.2) is 0 Å². The minimum absolute atomic E-state index is 0.196. The highest BCUT2D eigenvalue weighted by Gasteiger charge is 2.12. The fourth-order valence-corrected chi connectivity index (χ4v) is 2.25. The predicted molar refractivity (Wildman–Crippen MR) is 72.7 cm³/mol. The van der Waals surface area contributed by atoms with Crippen LogP contribution in [0.15, 0.2) is 42.5 Å². The highest BCUT2D eigenvalue weighted by atomic mass is 19.1. The van der Waals surface area contributed by atoms with Crippen molar-refractivity contribution in [2.24, 2.45) is 0 Å². The molecule has 0 unspecified atom stereocenters. The molecule has 1 heterocycles. The lowest BCUT2D eigenvalue weighted by molar-refractivity contribution is 0.0697. The Kier molecular flexibility index (Phi) is 2.75. The van der Waals surface area contributed by atoms with Crippen LogP contribution in [0, 0.1) is 12.7 Å². The molecule has 4 nitrogen and oxygen atoms in total. The number of carboxylic acids is 1. The first kappa shape index (κ1) is 12.3. The lowest BCUT2D eigenvalue weighted by Gasteiger charge is -2.06. The summed E-state index contributed by atoms with van der Waals surface area (Å²) in [4.78, 5) is 15.3. The zero-order chi connectivity index (χ0) is 14.3. The van der Waals surface area contributed by atoms with E-state index in [1.807, 2.05) is 11.5 Å². The summed E-state index contributed by atoms with van der Waals surface area (Å²) in [5.41, 5.74) is 2.38. The monoisotopic (exact) mass is 270 g/mol. The third-order valence-electron chi connectivity index (χ3n) is 3.15. The second-order valence-electron chi connectivity index (χ2n) is 4.48. The Morgan fingerprint density at radius 1 is 1.20 bits per heavy atom. The Balaban J connectivity index is 2.23. The van der Waals surface area contributed by atoms with Crippen molar-refractivity contribution in [1.82, 2.24) is 9.55 Å². The van der Waals surface area contributed by atoms with Gasteiger partial charge in [-0.25, -0.2) is 14.2 Å². The largest absolute Gasteiger partial charge is 0.478 e. The minimum atomic E-state index is -0.985. The first-order chi connectivity index (χ1) is 9.56. The van der Waals surface area contributed by atoms with Gasteiger partial charge in [-0.1, -0.05) is 0 Å². The van der Waals surface area contributed by atoms with Gasteiger partial charge in [0, 0.05) is 5.69 Å². The Hall–Kier alpha value is -2.69. The molecule has 0 atom stereocenters. The highest BCUT2D eigenvalue weighted by molar-refractivity contribution is 5.92. The van der Waals surface area contributed by atoms with Gasteiger partial charge in [0.25, 0.3) is 0 Å². The number of nitrogens with zero attached hydrogens (tertiary/aromatic N) is 2. The second kappa shape index (κ2) is 4.45. The van der Waals surface area contributed by atoms with Gasteiger partial charge in [0.05, 0.1) is 16.6 Å². The number of hydrogen-bond donors (Lipinski definition) is 1. The molecule has 0 aliphatic heterocycles. The maximum absolute atomic E-state index is 13.0. The van der Waals surface area contributed by atoms with Gasteiger partial charge < -0.3 is 5.11 Å². The molecule has 0 saturated carbocycles. The van der Waals surface area contributed by atoms with E-state index in [4.69, 9.17) is 5.11 Å². The summed E-state index contributed by atoms with van der Waals surface area (Å²) in [6, 6.07) is 10.9. The molecule has 2 aromatic carbocycles. The van der Waals surface area contributed by atoms with E-state index in [2.05, 4.69) is 4.98 Å². The maximum atomic E-state index is 13.0. The van der Waals surface area contributed by atoms with E-state index in [-0.39, 0.29) is 11.4 Å². The molecule has 3 aromatic rings. The van der Waals surface area contributed by atoms with Crippen LogP contribution in [0.4, 0.5) is 4.39 Å². The van der Waals surface area contributed by atoms with Crippen LogP contribution in [-0.2, 0) is 0 Å². The number of aromatic nitrogens is 2. The predicted octanol–water partition coefficient (Wildman–Crippen LogP) is 3.17. The number of fused-ring (bicyclic) bond motifs is 1. The summed E-state index contributed by atoms with van der Waals surface area (Å²) in [6.07, 6.45) is 0. The molecule has 0 radical (unpaired) electrons. The zero-order valence-corrected chi connectivity index (χ0v) is 10.7. The van der Waals surface area contributed by atoms with E-state index >= 15 is 0 Å². The molecule has 1 N–H and O–H groups in total. The van der Waals surface area contributed by atoms with Crippen molar-refractivity contribution in [3.8, 4) is 5.69 Å². The van der Waals surface area contributed by atoms with Gasteiger partial charge in [-0.2, -0.15) is 0 Å². The Morgan fingerprint density at radius 3 is 2.55 bits per heavy atom. The van der Waals surface area contributed by atoms with Crippen molar-refractivity contribution in [1.29, 1.82) is 0 Å². The Labute approximate surface area is 114 Å². The smallest absolute Gasteiger partial charge is 0.335 e. The number of halogens is 1. The van der Waals surface area contributed by atoms with Gasteiger partial charge in [0.1, 0.15) is 11.6 Å². The van der Waals surface area contributed by atoms with Gasteiger partial charge in [0.2, 0.25) is 0 Å². The standard InChI is InChI=1S/C15H11FN2O2/c1-9-17-13-8-10(15(19)20)2-7-14(13)18(9)12-5-3-11(16)4-6-12/h2-8H,1H3,(H,19,20). The van der Waals surface area contributed by atoms with Crippen LogP contribution in [0.25, 0.3) is 16.7 Å². The molecule has 0 spiro atoms. The average Bonchev–Trinajstić information content (AvgIpc) is 2.74. The van der Waals surface area contributed by atoms with Gasteiger partial charge in [-0.3, -0.25) is 4.57 Å². The van der Waals surface area contributed by atoms with Crippen LogP contribution < -0.4 is 0 Å². The van der Waals surface area contributed by atoms with Crippen molar-refractivity contribution in [3.05, 3.63) is 59.7 Å². The quantitative estimate of drug-likeness (QED) is 0.778. The first-order valence-corrected chi connectivity index (χ1v) is 6.04. The molecule has 1 aromatic heterocycles. The molecule has 3 rings (SSSR count). The van der Waals surface area contributed by atoms with Gasteiger partial charge in [-0.05, 0) is 49.4 Å². The lowest BCUT2D eigenvalue weighted by atomic mass is 10.2. The molecular formula is C15H11FN2O2. The van der Waals surface area contributed by atoms with E-state index in [1.165, 1.54) is 24.3 Å². The molecule has 0 aliphatic carbocycles. The molecule has 0 fully saturated rings. The maximum Gasteiger partial charge on any atom is 0.335 e.